The maximum absolute atomic E-state index is 11.7. The Hall–Kier alpha value is -2.07. The lowest BCUT2D eigenvalue weighted by Crippen LogP contribution is -2.28. The average molecular weight is 291 g/mol. The molecule has 5 heteroatoms. The van der Waals surface area contributed by atoms with Gasteiger partial charge in [-0.1, -0.05) is 30.3 Å². The second kappa shape index (κ2) is 6.91. The van der Waals surface area contributed by atoms with Gasteiger partial charge in [-0.05, 0) is 22.9 Å². The number of carbonyl (C=O) groups excluding carboxylic acids is 2. The molecule has 2 aromatic carbocycles. The Bertz CT molecular complexity index is 628. The van der Waals surface area contributed by atoms with E-state index in [2.05, 4.69) is 10.6 Å². The van der Waals surface area contributed by atoms with Crippen molar-refractivity contribution in [2.45, 2.75) is 6.42 Å². The molecular weight excluding hydrogens is 276 g/mol. The van der Waals surface area contributed by atoms with Crippen LogP contribution in [0.1, 0.15) is 6.42 Å². The summed E-state index contributed by atoms with van der Waals surface area (Å²) >= 11 is 5.34. The van der Waals surface area contributed by atoms with E-state index in [1.165, 1.54) is 0 Å². The Morgan fingerprint density at radius 3 is 2.50 bits per heavy atom. The zero-order chi connectivity index (χ0) is 14.4. The first-order valence-electron chi connectivity index (χ1n) is 6.30. The van der Waals surface area contributed by atoms with E-state index in [1.54, 1.807) is 0 Å². The van der Waals surface area contributed by atoms with Gasteiger partial charge in [0.05, 0.1) is 0 Å². The predicted molar refractivity (Wildman–Crippen MR) is 80.9 cm³/mol. The van der Waals surface area contributed by atoms with Crippen LogP contribution in [0.4, 0.5) is 5.69 Å². The van der Waals surface area contributed by atoms with Crippen molar-refractivity contribution < 1.29 is 9.59 Å². The zero-order valence-electron chi connectivity index (χ0n) is 10.9. The first kappa shape index (κ1) is 14.3. The van der Waals surface area contributed by atoms with E-state index in [0.29, 0.717) is 0 Å². The quantitative estimate of drug-likeness (QED) is 0.831. The molecule has 0 saturated carbocycles. The van der Waals surface area contributed by atoms with E-state index in [-0.39, 0.29) is 30.7 Å². The summed E-state index contributed by atoms with van der Waals surface area (Å²) < 4.78 is 0. The maximum atomic E-state index is 11.7. The van der Waals surface area contributed by atoms with Gasteiger partial charge >= 0.3 is 0 Å². The van der Waals surface area contributed by atoms with E-state index in [1.807, 2.05) is 42.5 Å². The van der Waals surface area contributed by atoms with Gasteiger partial charge in [0.25, 0.3) is 0 Å². The minimum absolute atomic E-state index is 0.0910. The van der Waals surface area contributed by atoms with E-state index >= 15 is 0 Å². The van der Waals surface area contributed by atoms with E-state index in [0.717, 1.165) is 16.5 Å². The van der Waals surface area contributed by atoms with Crippen molar-refractivity contribution in [1.29, 1.82) is 0 Å². The van der Waals surface area contributed by atoms with Gasteiger partial charge in [-0.15, -0.1) is 11.6 Å². The van der Waals surface area contributed by atoms with Gasteiger partial charge in [-0.25, -0.2) is 0 Å². The summed E-state index contributed by atoms with van der Waals surface area (Å²) in [5.41, 5.74) is 0.748. The lowest BCUT2D eigenvalue weighted by molar-refractivity contribution is -0.119. The smallest absolute Gasteiger partial charge is 0.234 e. The maximum Gasteiger partial charge on any atom is 0.234 e. The highest BCUT2D eigenvalue weighted by Crippen LogP contribution is 2.18. The molecule has 0 aromatic heterocycles. The number of hydrogen-bond donors (Lipinski definition) is 2. The summed E-state index contributed by atoms with van der Waals surface area (Å²) in [5.74, 6) is -0.507. The van der Waals surface area contributed by atoms with Gasteiger partial charge in [0.15, 0.2) is 0 Å². The Morgan fingerprint density at radius 1 is 1.00 bits per heavy atom. The highest BCUT2D eigenvalue weighted by atomic mass is 35.5. The lowest BCUT2D eigenvalue weighted by Gasteiger charge is -2.07. The molecule has 2 N–H and O–H groups in total. The van der Waals surface area contributed by atoms with Crippen LogP contribution in [-0.4, -0.2) is 24.2 Å². The van der Waals surface area contributed by atoms with Crippen LogP contribution in [0.15, 0.2) is 42.5 Å². The number of nitrogens with one attached hydrogen (secondary N) is 2. The van der Waals surface area contributed by atoms with E-state index in [9.17, 15) is 9.59 Å². The van der Waals surface area contributed by atoms with Gasteiger partial charge in [0, 0.05) is 18.7 Å². The number of anilines is 1. The molecule has 0 atom stereocenters. The SMILES string of the molecule is O=C(CCl)NCCC(=O)Nc1ccc2ccccc2c1. The number of fused-ring (bicyclic) bond motifs is 1. The number of halogens is 1. The highest BCUT2D eigenvalue weighted by Gasteiger charge is 2.04. The third-order valence-electron chi connectivity index (χ3n) is 2.83. The minimum Gasteiger partial charge on any atom is -0.355 e. The Balaban J connectivity index is 1.91. The monoisotopic (exact) mass is 290 g/mol. The summed E-state index contributed by atoms with van der Waals surface area (Å²) in [5, 5.41) is 7.54. The molecule has 2 amide bonds. The van der Waals surface area contributed by atoms with Gasteiger partial charge < -0.3 is 10.6 Å². The normalized spacial score (nSPS) is 10.2. The third-order valence-corrected chi connectivity index (χ3v) is 3.07. The van der Waals surface area contributed by atoms with E-state index in [4.69, 9.17) is 11.6 Å². The molecule has 0 aliphatic rings. The van der Waals surface area contributed by atoms with Gasteiger partial charge in [0.2, 0.25) is 11.8 Å². The fourth-order valence-electron chi connectivity index (χ4n) is 1.85. The van der Waals surface area contributed by atoms with Crippen LogP contribution in [-0.2, 0) is 9.59 Å². The fourth-order valence-corrected chi connectivity index (χ4v) is 1.95. The molecule has 0 spiro atoms. The van der Waals surface area contributed by atoms with Crippen molar-refractivity contribution in [3.63, 3.8) is 0 Å². The lowest BCUT2D eigenvalue weighted by atomic mass is 10.1. The highest BCUT2D eigenvalue weighted by molar-refractivity contribution is 6.27. The molecular formula is C15H15ClN2O2. The number of benzene rings is 2. The molecule has 0 aliphatic heterocycles. The third kappa shape index (κ3) is 3.96. The molecule has 2 aromatic rings. The second-order valence-corrected chi connectivity index (χ2v) is 4.61. The van der Waals surface area contributed by atoms with Crippen molar-refractivity contribution in [2.24, 2.45) is 0 Å². The second-order valence-electron chi connectivity index (χ2n) is 4.34. The number of hydrogen-bond acceptors (Lipinski definition) is 2. The molecule has 0 saturated heterocycles. The molecule has 20 heavy (non-hydrogen) atoms. The summed E-state index contributed by atoms with van der Waals surface area (Å²) in [4.78, 5) is 22.6. The Labute approximate surface area is 122 Å². The topological polar surface area (TPSA) is 58.2 Å². The minimum atomic E-state index is -0.273. The molecule has 104 valence electrons. The first-order valence-corrected chi connectivity index (χ1v) is 6.84. The standard InChI is InChI=1S/C15H15ClN2O2/c16-10-15(20)17-8-7-14(19)18-13-6-5-11-3-1-2-4-12(11)9-13/h1-6,9H,7-8,10H2,(H,17,20)(H,18,19). The molecule has 2 rings (SSSR count). The largest absolute Gasteiger partial charge is 0.355 e. The van der Waals surface area contributed by atoms with Crippen molar-refractivity contribution in [3.05, 3.63) is 42.5 Å². The molecule has 0 radical (unpaired) electrons. The van der Waals surface area contributed by atoms with Crippen molar-refractivity contribution in [2.75, 3.05) is 17.7 Å². The van der Waals surface area contributed by atoms with Crippen LogP contribution < -0.4 is 10.6 Å². The summed E-state index contributed by atoms with van der Waals surface area (Å²) in [7, 11) is 0. The number of amides is 2. The van der Waals surface area contributed by atoms with Crippen molar-refractivity contribution in [1.82, 2.24) is 5.32 Å². The van der Waals surface area contributed by atoms with Gasteiger partial charge in [-0.2, -0.15) is 0 Å². The summed E-state index contributed by atoms with van der Waals surface area (Å²) in [6, 6.07) is 13.7. The number of alkyl halides is 1. The summed E-state index contributed by atoms with van der Waals surface area (Å²) in [6.45, 7) is 0.283. The molecule has 0 fully saturated rings. The molecule has 4 nitrogen and oxygen atoms in total. The van der Waals surface area contributed by atoms with Crippen LogP contribution in [0.3, 0.4) is 0 Å². The predicted octanol–water partition coefficient (Wildman–Crippen LogP) is 2.52. The van der Waals surface area contributed by atoms with Crippen LogP contribution in [0, 0.1) is 0 Å². The van der Waals surface area contributed by atoms with Crippen LogP contribution >= 0.6 is 11.6 Å². The summed E-state index contributed by atoms with van der Waals surface area (Å²) in [6.07, 6.45) is 0.218. The number of carbonyl (C=O) groups is 2. The van der Waals surface area contributed by atoms with Crippen molar-refractivity contribution in [3.8, 4) is 0 Å². The molecule has 0 unspecified atom stereocenters. The van der Waals surface area contributed by atoms with Gasteiger partial charge in [-0.3, -0.25) is 9.59 Å². The van der Waals surface area contributed by atoms with E-state index < -0.39 is 0 Å². The molecule has 0 heterocycles. The van der Waals surface area contributed by atoms with Crippen LogP contribution in [0.2, 0.25) is 0 Å². The zero-order valence-corrected chi connectivity index (χ0v) is 11.6. The number of rotatable bonds is 5. The Kier molecular flexibility index (Phi) is 4.96. The van der Waals surface area contributed by atoms with Crippen LogP contribution in [0.5, 0.6) is 0 Å². The van der Waals surface area contributed by atoms with Crippen LogP contribution in [0.25, 0.3) is 10.8 Å². The van der Waals surface area contributed by atoms with Gasteiger partial charge in [0.1, 0.15) is 5.88 Å². The average Bonchev–Trinajstić information content (AvgIpc) is 2.47. The van der Waals surface area contributed by atoms with Crippen molar-refractivity contribution >= 4 is 39.9 Å². The molecule has 0 aliphatic carbocycles. The first-order chi connectivity index (χ1) is 9.69. The molecule has 0 bridgehead atoms. The Morgan fingerprint density at radius 2 is 1.75 bits per heavy atom. The fraction of sp³-hybridized carbons (Fsp3) is 0.200.